The number of fused-ring (bicyclic) bond motifs is 2. The van der Waals surface area contributed by atoms with Crippen LogP contribution in [0, 0.1) is 0 Å². The lowest BCUT2D eigenvalue weighted by Gasteiger charge is -2.11. The van der Waals surface area contributed by atoms with Crippen LogP contribution in [0.4, 0.5) is 0 Å². The zero-order valence-electron chi connectivity index (χ0n) is 26.7. The molecular weight excluding hydrogens is 615 g/mol. The average molecular weight is 642 g/mol. The van der Waals surface area contributed by atoms with Gasteiger partial charge in [-0.25, -0.2) is 24.9 Å². The van der Waals surface area contributed by atoms with Gasteiger partial charge >= 0.3 is 0 Å². The van der Waals surface area contributed by atoms with Crippen molar-refractivity contribution in [3.05, 3.63) is 164 Å². The Bertz CT molecular complexity index is 2630. The molecule has 0 atom stereocenters. The van der Waals surface area contributed by atoms with Crippen molar-refractivity contribution in [2.24, 2.45) is 0 Å². The van der Waals surface area contributed by atoms with Crippen molar-refractivity contribution < 1.29 is 0 Å². The summed E-state index contributed by atoms with van der Waals surface area (Å²) in [6.45, 7) is 0. The van der Waals surface area contributed by atoms with Crippen LogP contribution in [0.2, 0.25) is 0 Å². The minimum absolute atomic E-state index is 0.611. The molecule has 0 N–H and O–H groups in total. The van der Waals surface area contributed by atoms with Gasteiger partial charge in [-0.15, -0.1) is 0 Å². The molecule has 50 heavy (non-hydrogen) atoms. The first-order valence-electron chi connectivity index (χ1n) is 16.3. The van der Waals surface area contributed by atoms with Crippen LogP contribution in [0.3, 0.4) is 0 Å². The van der Waals surface area contributed by atoms with Gasteiger partial charge in [-0.2, -0.15) is 0 Å². The van der Waals surface area contributed by atoms with Gasteiger partial charge in [0.25, 0.3) is 0 Å². The van der Waals surface area contributed by atoms with Gasteiger partial charge < -0.3 is 0 Å². The van der Waals surface area contributed by atoms with Gasteiger partial charge in [-0.1, -0.05) is 109 Å². The summed E-state index contributed by atoms with van der Waals surface area (Å²) in [5.74, 6) is 1.87. The summed E-state index contributed by atoms with van der Waals surface area (Å²) in [5.41, 5.74) is 9.27. The van der Waals surface area contributed by atoms with Gasteiger partial charge in [-0.05, 0) is 64.4 Å². The lowest BCUT2D eigenvalue weighted by molar-refractivity contribution is 1.07. The molecule has 0 unspecified atom stereocenters. The van der Waals surface area contributed by atoms with Gasteiger partial charge in [0.1, 0.15) is 11.4 Å². The molecule has 4 heterocycles. The highest BCUT2D eigenvalue weighted by molar-refractivity contribution is 5.88. The van der Waals surface area contributed by atoms with Crippen LogP contribution in [0.15, 0.2) is 164 Å². The molecule has 0 aliphatic carbocycles. The molecule has 5 aromatic carbocycles. The van der Waals surface area contributed by atoms with Gasteiger partial charge in [0.2, 0.25) is 0 Å². The van der Waals surface area contributed by atoms with Crippen molar-refractivity contribution in [3.8, 4) is 68.1 Å². The SMILES string of the molecule is c1ccc(-c2nc(-c3ccc(-c4ccc5nc(-c6ccccn6)c(-c6ccccn6)nc5c4)cc3)nc(-c3ccc4ccccc4c3)n2)cc1. The van der Waals surface area contributed by atoms with Crippen LogP contribution in [-0.2, 0) is 0 Å². The predicted octanol–water partition coefficient (Wildman–Crippen LogP) is 9.76. The Balaban J connectivity index is 1.10. The maximum Gasteiger partial charge on any atom is 0.164 e. The van der Waals surface area contributed by atoms with E-state index in [4.69, 9.17) is 24.9 Å². The Morgan fingerprint density at radius 1 is 0.300 bits per heavy atom. The first-order valence-corrected chi connectivity index (χ1v) is 16.3. The number of benzene rings is 5. The van der Waals surface area contributed by atoms with Crippen molar-refractivity contribution in [1.29, 1.82) is 0 Å². The molecule has 0 radical (unpaired) electrons. The van der Waals surface area contributed by atoms with E-state index in [2.05, 4.69) is 76.7 Å². The van der Waals surface area contributed by atoms with Crippen molar-refractivity contribution in [1.82, 2.24) is 34.9 Å². The minimum Gasteiger partial charge on any atom is -0.255 e. The van der Waals surface area contributed by atoms with Gasteiger partial charge in [-0.3, -0.25) is 9.97 Å². The van der Waals surface area contributed by atoms with Crippen LogP contribution >= 0.6 is 0 Å². The first kappa shape index (κ1) is 29.2. The van der Waals surface area contributed by atoms with E-state index in [1.165, 1.54) is 5.39 Å². The summed E-state index contributed by atoms with van der Waals surface area (Å²) >= 11 is 0. The molecule has 0 aliphatic heterocycles. The first-order chi connectivity index (χ1) is 24.7. The summed E-state index contributed by atoms with van der Waals surface area (Å²) in [6.07, 6.45) is 3.53. The molecule has 7 heteroatoms. The van der Waals surface area contributed by atoms with Crippen molar-refractivity contribution in [3.63, 3.8) is 0 Å². The lowest BCUT2D eigenvalue weighted by Crippen LogP contribution is -2.00. The van der Waals surface area contributed by atoms with Crippen LogP contribution < -0.4 is 0 Å². The molecule has 4 aromatic heterocycles. The van der Waals surface area contributed by atoms with Crippen LogP contribution in [-0.4, -0.2) is 34.9 Å². The zero-order valence-corrected chi connectivity index (χ0v) is 26.7. The highest BCUT2D eigenvalue weighted by atomic mass is 15.0. The Hall–Kier alpha value is -6.99. The molecule has 0 saturated carbocycles. The van der Waals surface area contributed by atoms with Crippen LogP contribution in [0.25, 0.3) is 89.9 Å². The third kappa shape index (κ3) is 5.63. The van der Waals surface area contributed by atoms with E-state index >= 15 is 0 Å². The van der Waals surface area contributed by atoms with E-state index in [9.17, 15) is 0 Å². The average Bonchev–Trinajstić information content (AvgIpc) is 3.21. The summed E-state index contributed by atoms with van der Waals surface area (Å²) in [6, 6.07) is 50.7. The number of pyridine rings is 2. The molecule has 0 amide bonds. The highest BCUT2D eigenvalue weighted by Crippen LogP contribution is 2.32. The quantitative estimate of drug-likeness (QED) is 0.179. The number of aromatic nitrogens is 7. The van der Waals surface area contributed by atoms with E-state index < -0.39 is 0 Å². The summed E-state index contributed by atoms with van der Waals surface area (Å²) in [5, 5.41) is 2.31. The van der Waals surface area contributed by atoms with Crippen LogP contribution in [0.5, 0.6) is 0 Å². The molecule has 9 rings (SSSR count). The van der Waals surface area contributed by atoms with Gasteiger partial charge in [0.05, 0.1) is 22.4 Å². The molecule has 9 aromatic rings. The summed E-state index contributed by atoms with van der Waals surface area (Å²) < 4.78 is 0. The van der Waals surface area contributed by atoms with E-state index in [1.54, 1.807) is 12.4 Å². The minimum atomic E-state index is 0.611. The maximum absolute atomic E-state index is 5.08. The second-order valence-corrected chi connectivity index (χ2v) is 11.9. The van der Waals surface area contributed by atoms with E-state index in [0.717, 1.165) is 55.6 Å². The maximum atomic E-state index is 5.08. The Labute approximate surface area is 288 Å². The standard InChI is InChI=1S/C43H27N7/c1-2-11-30(12-3-1)41-48-42(50-43(49-41)34-21-18-28-10-4-5-13-32(28)26-34)31-19-16-29(17-20-31)33-22-23-35-38(27-33)47-40(37-15-7-9-25-45-37)39(46-35)36-14-6-8-24-44-36/h1-27H. The largest absolute Gasteiger partial charge is 0.255 e. The fraction of sp³-hybridized carbons (Fsp3) is 0. The summed E-state index contributed by atoms with van der Waals surface area (Å²) in [7, 11) is 0. The molecule has 0 spiro atoms. The fourth-order valence-electron chi connectivity index (χ4n) is 6.09. The molecule has 234 valence electrons. The molecule has 0 saturated heterocycles. The Kier molecular flexibility index (Phi) is 7.33. The Morgan fingerprint density at radius 2 is 0.820 bits per heavy atom. The second kappa shape index (κ2) is 12.6. The third-order valence-corrected chi connectivity index (χ3v) is 8.63. The van der Waals surface area contributed by atoms with Crippen molar-refractivity contribution in [2.75, 3.05) is 0 Å². The number of rotatable bonds is 6. The topological polar surface area (TPSA) is 90.2 Å². The van der Waals surface area contributed by atoms with E-state index in [0.29, 0.717) is 28.9 Å². The highest BCUT2D eigenvalue weighted by Gasteiger charge is 2.16. The van der Waals surface area contributed by atoms with Crippen LogP contribution in [0.1, 0.15) is 0 Å². The molecule has 7 nitrogen and oxygen atoms in total. The monoisotopic (exact) mass is 641 g/mol. The predicted molar refractivity (Wildman–Crippen MR) is 199 cm³/mol. The lowest BCUT2D eigenvalue weighted by atomic mass is 10.0. The van der Waals surface area contributed by atoms with Gasteiger partial charge in [0.15, 0.2) is 17.5 Å². The van der Waals surface area contributed by atoms with Crippen molar-refractivity contribution in [2.45, 2.75) is 0 Å². The van der Waals surface area contributed by atoms with Gasteiger partial charge in [0, 0.05) is 29.1 Å². The number of hydrogen-bond donors (Lipinski definition) is 0. The van der Waals surface area contributed by atoms with E-state index in [1.807, 2.05) is 84.9 Å². The number of nitrogens with zero attached hydrogens (tertiary/aromatic N) is 7. The second-order valence-electron chi connectivity index (χ2n) is 11.9. The summed E-state index contributed by atoms with van der Waals surface area (Å²) in [4.78, 5) is 34.0. The van der Waals surface area contributed by atoms with Crippen molar-refractivity contribution >= 4 is 21.8 Å². The number of hydrogen-bond acceptors (Lipinski definition) is 7. The fourth-order valence-corrected chi connectivity index (χ4v) is 6.09. The zero-order chi connectivity index (χ0) is 33.3. The third-order valence-electron chi connectivity index (χ3n) is 8.63. The molecule has 0 fully saturated rings. The smallest absolute Gasteiger partial charge is 0.164 e. The molecular formula is C43H27N7. The Morgan fingerprint density at radius 3 is 1.48 bits per heavy atom. The molecule has 0 bridgehead atoms. The van der Waals surface area contributed by atoms with E-state index in [-0.39, 0.29) is 0 Å². The normalized spacial score (nSPS) is 11.2. The molecule has 0 aliphatic rings.